The molecule has 1 amide bonds. The summed E-state index contributed by atoms with van der Waals surface area (Å²) in [6.45, 7) is 1.29. The molecular formula is C18H22N4O3. The highest BCUT2D eigenvalue weighted by Gasteiger charge is 2.32. The summed E-state index contributed by atoms with van der Waals surface area (Å²) in [6.07, 6.45) is 4.69. The van der Waals surface area contributed by atoms with Gasteiger partial charge in [0.15, 0.2) is 6.10 Å². The van der Waals surface area contributed by atoms with Gasteiger partial charge in [-0.2, -0.15) is 0 Å². The quantitative estimate of drug-likeness (QED) is 0.910. The number of aliphatic hydroxyl groups is 1. The normalized spacial score (nSPS) is 20.8. The first kappa shape index (κ1) is 16.1. The summed E-state index contributed by atoms with van der Waals surface area (Å²) in [7, 11) is 0. The maximum Gasteiger partial charge on any atom is 0.263 e. The summed E-state index contributed by atoms with van der Waals surface area (Å²) in [5.41, 5.74) is 1.75. The highest BCUT2D eigenvalue weighted by atomic mass is 16.5. The van der Waals surface area contributed by atoms with Crippen molar-refractivity contribution in [1.82, 2.24) is 19.9 Å². The number of hydrogen-bond acceptors (Lipinski definition) is 5. The van der Waals surface area contributed by atoms with Crippen molar-refractivity contribution in [2.75, 3.05) is 13.1 Å². The van der Waals surface area contributed by atoms with E-state index in [-0.39, 0.29) is 24.7 Å². The second-order valence-corrected chi connectivity index (χ2v) is 6.66. The number of ether oxygens (including phenoxy) is 1. The fourth-order valence-electron chi connectivity index (χ4n) is 3.62. The van der Waals surface area contributed by atoms with Gasteiger partial charge in [-0.05, 0) is 37.3 Å². The molecular weight excluding hydrogens is 320 g/mol. The van der Waals surface area contributed by atoms with E-state index in [1.54, 1.807) is 10.9 Å². The molecule has 1 aromatic heterocycles. The third kappa shape index (κ3) is 3.24. The van der Waals surface area contributed by atoms with Gasteiger partial charge in [0.05, 0.1) is 18.8 Å². The molecule has 1 unspecified atom stereocenters. The van der Waals surface area contributed by atoms with E-state index in [9.17, 15) is 4.79 Å². The summed E-state index contributed by atoms with van der Waals surface area (Å²) >= 11 is 0. The number of fused-ring (bicyclic) bond motifs is 1. The summed E-state index contributed by atoms with van der Waals surface area (Å²) in [5, 5.41) is 17.1. The topological polar surface area (TPSA) is 80.5 Å². The third-order valence-corrected chi connectivity index (χ3v) is 5.06. The Balaban J connectivity index is 1.35. The smallest absolute Gasteiger partial charge is 0.263 e. The van der Waals surface area contributed by atoms with Crippen molar-refractivity contribution in [2.24, 2.45) is 0 Å². The molecule has 2 aliphatic rings. The van der Waals surface area contributed by atoms with Crippen LogP contribution >= 0.6 is 0 Å². The van der Waals surface area contributed by atoms with E-state index < -0.39 is 0 Å². The third-order valence-electron chi connectivity index (χ3n) is 5.06. The van der Waals surface area contributed by atoms with Crippen molar-refractivity contribution < 1.29 is 14.6 Å². The van der Waals surface area contributed by atoms with E-state index >= 15 is 0 Å². The van der Waals surface area contributed by atoms with E-state index in [4.69, 9.17) is 9.84 Å². The van der Waals surface area contributed by atoms with Crippen LogP contribution in [0.25, 0.3) is 0 Å². The van der Waals surface area contributed by atoms with Crippen molar-refractivity contribution in [1.29, 1.82) is 0 Å². The van der Waals surface area contributed by atoms with E-state index in [0.717, 1.165) is 31.4 Å². The van der Waals surface area contributed by atoms with Gasteiger partial charge in [-0.25, -0.2) is 4.68 Å². The molecule has 1 saturated heterocycles. The Morgan fingerprint density at radius 2 is 2.04 bits per heavy atom. The number of aliphatic hydroxyl groups excluding tert-OH is 1. The molecule has 2 aliphatic heterocycles. The average molecular weight is 342 g/mol. The van der Waals surface area contributed by atoms with Gasteiger partial charge in [0.1, 0.15) is 11.4 Å². The van der Waals surface area contributed by atoms with Crippen molar-refractivity contribution in [3.05, 3.63) is 41.7 Å². The Morgan fingerprint density at radius 3 is 2.80 bits per heavy atom. The number of hydrogen-bond donors (Lipinski definition) is 1. The van der Waals surface area contributed by atoms with Gasteiger partial charge in [0.25, 0.3) is 5.91 Å². The Bertz CT molecular complexity index is 752. The fraction of sp³-hybridized carbons (Fsp3) is 0.500. The van der Waals surface area contributed by atoms with Crippen molar-refractivity contribution in [2.45, 2.75) is 44.4 Å². The number of benzene rings is 1. The van der Waals surface area contributed by atoms with Crippen LogP contribution in [0.4, 0.5) is 0 Å². The summed E-state index contributed by atoms with van der Waals surface area (Å²) in [4.78, 5) is 14.7. The number of aryl methyl sites for hydroxylation is 1. The predicted molar refractivity (Wildman–Crippen MR) is 90.0 cm³/mol. The number of aromatic nitrogens is 3. The van der Waals surface area contributed by atoms with Crippen molar-refractivity contribution in [3.8, 4) is 5.75 Å². The summed E-state index contributed by atoms with van der Waals surface area (Å²) in [5.74, 6) is 0.920. The molecule has 7 heteroatoms. The number of para-hydroxylation sites is 1. The molecule has 1 fully saturated rings. The molecule has 1 N–H and O–H groups in total. The van der Waals surface area contributed by atoms with Gasteiger partial charge in [-0.3, -0.25) is 4.79 Å². The minimum atomic E-state index is -0.376. The van der Waals surface area contributed by atoms with Gasteiger partial charge in [-0.1, -0.05) is 23.4 Å². The number of nitrogens with zero attached hydrogens (tertiary/aromatic N) is 4. The lowest BCUT2D eigenvalue weighted by atomic mass is 10.00. The predicted octanol–water partition coefficient (Wildman–Crippen LogP) is 1.33. The van der Waals surface area contributed by atoms with Crippen LogP contribution < -0.4 is 4.74 Å². The van der Waals surface area contributed by atoms with Crippen molar-refractivity contribution >= 4 is 5.91 Å². The number of piperidine rings is 1. The molecule has 1 atom stereocenters. The molecule has 0 radical (unpaired) electrons. The average Bonchev–Trinajstić information content (AvgIpc) is 3.16. The van der Waals surface area contributed by atoms with Crippen LogP contribution in [0.3, 0.4) is 0 Å². The van der Waals surface area contributed by atoms with Crippen LogP contribution in [-0.2, 0) is 17.8 Å². The zero-order valence-electron chi connectivity index (χ0n) is 14.0. The number of carbonyl (C=O) groups is 1. The van der Waals surface area contributed by atoms with Crippen LogP contribution in [0, 0.1) is 0 Å². The monoisotopic (exact) mass is 342 g/mol. The van der Waals surface area contributed by atoms with E-state index in [1.165, 1.54) is 5.56 Å². The van der Waals surface area contributed by atoms with Gasteiger partial charge in [-0.15, -0.1) is 5.10 Å². The molecule has 25 heavy (non-hydrogen) atoms. The minimum absolute atomic E-state index is 0.0857. The molecule has 4 rings (SSSR count). The van der Waals surface area contributed by atoms with Crippen LogP contribution in [0.1, 0.15) is 36.6 Å². The van der Waals surface area contributed by atoms with Crippen LogP contribution in [0.5, 0.6) is 5.75 Å². The number of likely N-dealkylation sites (tertiary alicyclic amines) is 1. The number of rotatable bonds is 3. The van der Waals surface area contributed by atoms with Crippen LogP contribution in [0.15, 0.2) is 30.5 Å². The maximum atomic E-state index is 12.8. The molecule has 132 valence electrons. The maximum absolute atomic E-state index is 12.8. The van der Waals surface area contributed by atoms with Gasteiger partial charge in [0.2, 0.25) is 0 Å². The van der Waals surface area contributed by atoms with Gasteiger partial charge < -0.3 is 14.7 Å². The molecule has 0 aliphatic carbocycles. The first-order chi connectivity index (χ1) is 12.2. The standard InChI is InChI=1S/C18H22N4O3/c23-12-14-11-22(20-19-14)15-7-9-21(10-8-15)18(24)17-6-5-13-3-1-2-4-16(13)25-17/h1-4,11,15,17,23H,5-10,12H2. The van der Waals surface area contributed by atoms with Gasteiger partial charge >= 0.3 is 0 Å². The summed E-state index contributed by atoms with van der Waals surface area (Å²) in [6, 6.07) is 8.16. The van der Waals surface area contributed by atoms with E-state index in [1.807, 2.05) is 23.1 Å². The minimum Gasteiger partial charge on any atom is -0.480 e. The summed E-state index contributed by atoms with van der Waals surface area (Å²) < 4.78 is 7.74. The SMILES string of the molecule is O=C(C1CCc2ccccc2O1)N1CCC(n2cc(CO)nn2)CC1. The molecule has 0 spiro atoms. The molecule has 3 heterocycles. The highest BCUT2D eigenvalue weighted by Crippen LogP contribution is 2.29. The highest BCUT2D eigenvalue weighted by molar-refractivity contribution is 5.81. The lowest BCUT2D eigenvalue weighted by Crippen LogP contribution is -2.47. The fourth-order valence-corrected chi connectivity index (χ4v) is 3.62. The Morgan fingerprint density at radius 1 is 1.24 bits per heavy atom. The largest absolute Gasteiger partial charge is 0.480 e. The van der Waals surface area contributed by atoms with Gasteiger partial charge in [0, 0.05) is 13.1 Å². The Kier molecular flexibility index (Phi) is 4.40. The zero-order chi connectivity index (χ0) is 17.2. The lowest BCUT2D eigenvalue weighted by Gasteiger charge is -2.35. The number of carbonyl (C=O) groups excluding carboxylic acids is 1. The zero-order valence-corrected chi connectivity index (χ0v) is 14.0. The lowest BCUT2D eigenvalue weighted by molar-refractivity contribution is -0.140. The molecule has 2 aromatic rings. The van der Waals surface area contributed by atoms with E-state index in [2.05, 4.69) is 16.4 Å². The second-order valence-electron chi connectivity index (χ2n) is 6.66. The van der Waals surface area contributed by atoms with Crippen LogP contribution in [0.2, 0.25) is 0 Å². The molecule has 7 nitrogen and oxygen atoms in total. The van der Waals surface area contributed by atoms with Crippen LogP contribution in [-0.4, -0.2) is 50.1 Å². The molecule has 1 aromatic carbocycles. The Labute approximate surface area is 146 Å². The first-order valence-electron chi connectivity index (χ1n) is 8.79. The van der Waals surface area contributed by atoms with E-state index in [0.29, 0.717) is 18.8 Å². The van der Waals surface area contributed by atoms with Crippen molar-refractivity contribution in [3.63, 3.8) is 0 Å². The number of amides is 1. The molecule has 0 bridgehead atoms. The Hall–Kier alpha value is -2.41. The second kappa shape index (κ2) is 6.84. The molecule has 0 saturated carbocycles. The first-order valence-corrected chi connectivity index (χ1v) is 8.79.